The van der Waals surface area contributed by atoms with Gasteiger partial charge in [0.05, 0.1) is 13.7 Å². The highest BCUT2D eigenvalue weighted by molar-refractivity contribution is 5.39. The van der Waals surface area contributed by atoms with Crippen LogP contribution in [-0.4, -0.2) is 26.8 Å². The Bertz CT molecular complexity index is 597. The molecule has 1 N–H and O–H groups in total. The maximum absolute atomic E-state index is 5.70. The number of hydrogen-bond donors (Lipinski definition) is 1. The van der Waals surface area contributed by atoms with Gasteiger partial charge in [-0.25, -0.2) is 0 Å². The van der Waals surface area contributed by atoms with Crippen molar-refractivity contribution in [2.24, 2.45) is 0 Å². The van der Waals surface area contributed by atoms with Gasteiger partial charge in [-0.3, -0.25) is 0 Å². The molecule has 110 valence electrons. The molecule has 1 aliphatic rings. The van der Waals surface area contributed by atoms with Crippen LogP contribution in [0.25, 0.3) is 0 Å². The number of nitrogens with one attached hydrogen (secondary N) is 1. The summed E-state index contributed by atoms with van der Waals surface area (Å²) in [6.45, 7) is 2.67. The van der Waals surface area contributed by atoms with Gasteiger partial charge in [0.2, 0.25) is 0 Å². The van der Waals surface area contributed by atoms with Gasteiger partial charge in [0.15, 0.2) is 0 Å². The second-order valence-electron chi connectivity index (χ2n) is 5.31. The van der Waals surface area contributed by atoms with Crippen molar-refractivity contribution in [3.05, 3.63) is 59.7 Å². The quantitative estimate of drug-likeness (QED) is 0.827. The van der Waals surface area contributed by atoms with Gasteiger partial charge in [-0.05, 0) is 30.7 Å². The third-order valence-corrected chi connectivity index (χ3v) is 3.95. The average Bonchev–Trinajstić information content (AvgIpc) is 2.95. The van der Waals surface area contributed by atoms with Crippen LogP contribution in [0.15, 0.2) is 48.5 Å². The summed E-state index contributed by atoms with van der Waals surface area (Å²) < 4.78 is 11.1. The summed E-state index contributed by atoms with van der Waals surface area (Å²) in [5, 5.41) is 3.53. The second kappa shape index (κ2) is 6.64. The van der Waals surface area contributed by atoms with Crippen LogP contribution in [0.4, 0.5) is 0 Å². The van der Waals surface area contributed by atoms with E-state index in [4.69, 9.17) is 9.47 Å². The van der Waals surface area contributed by atoms with Crippen LogP contribution >= 0.6 is 0 Å². The van der Waals surface area contributed by atoms with Crippen LogP contribution in [0, 0.1) is 0 Å². The lowest BCUT2D eigenvalue weighted by molar-refractivity contribution is 0.326. The van der Waals surface area contributed by atoms with Gasteiger partial charge < -0.3 is 14.8 Å². The Morgan fingerprint density at radius 1 is 1.14 bits per heavy atom. The zero-order valence-corrected chi connectivity index (χ0v) is 12.3. The maximum atomic E-state index is 5.70. The summed E-state index contributed by atoms with van der Waals surface area (Å²) in [5.74, 6) is 2.46. The Morgan fingerprint density at radius 2 is 1.95 bits per heavy atom. The van der Waals surface area contributed by atoms with E-state index in [2.05, 4.69) is 29.6 Å². The van der Waals surface area contributed by atoms with Gasteiger partial charge in [0.25, 0.3) is 0 Å². The Labute approximate surface area is 125 Å². The van der Waals surface area contributed by atoms with E-state index in [9.17, 15) is 0 Å². The van der Waals surface area contributed by atoms with Crippen LogP contribution in [0.5, 0.6) is 11.5 Å². The summed E-state index contributed by atoms with van der Waals surface area (Å²) >= 11 is 0. The molecule has 0 amide bonds. The summed E-state index contributed by atoms with van der Waals surface area (Å²) in [7, 11) is 1.72. The van der Waals surface area contributed by atoms with Gasteiger partial charge in [0, 0.05) is 18.0 Å². The van der Waals surface area contributed by atoms with Crippen molar-refractivity contribution in [2.75, 3.05) is 26.8 Å². The smallest absolute Gasteiger partial charge is 0.122 e. The second-order valence-corrected chi connectivity index (χ2v) is 5.31. The molecule has 0 radical (unpaired) electrons. The molecule has 1 atom stereocenters. The van der Waals surface area contributed by atoms with E-state index in [0.29, 0.717) is 5.92 Å². The highest BCUT2D eigenvalue weighted by Gasteiger charge is 2.22. The highest BCUT2D eigenvalue weighted by Crippen LogP contribution is 2.32. The molecule has 3 rings (SSSR count). The van der Waals surface area contributed by atoms with Crippen molar-refractivity contribution in [3.8, 4) is 11.5 Å². The van der Waals surface area contributed by atoms with Crippen molar-refractivity contribution in [1.82, 2.24) is 5.32 Å². The van der Waals surface area contributed by atoms with Crippen LogP contribution in [0.1, 0.15) is 17.0 Å². The molecule has 1 heterocycles. The molecule has 21 heavy (non-hydrogen) atoms. The molecule has 0 aromatic heterocycles. The molecule has 0 bridgehead atoms. The zero-order valence-electron chi connectivity index (χ0n) is 12.3. The standard InChI is InChI=1S/C18H21NO2/c1-20-17-8-4-2-6-14(17)10-11-19-12-15-13-21-18-9-5-3-7-16(15)18/h2-9,15,19H,10-13H2,1H3. The highest BCUT2D eigenvalue weighted by atomic mass is 16.5. The Balaban J connectivity index is 1.49. The normalized spacial score (nSPS) is 16.3. The monoisotopic (exact) mass is 283 g/mol. The number of benzene rings is 2. The zero-order chi connectivity index (χ0) is 14.5. The Kier molecular flexibility index (Phi) is 4.41. The first-order valence-corrected chi connectivity index (χ1v) is 7.43. The number of para-hydroxylation sites is 2. The predicted molar refractivity (Wildman–Crippen MR) is 84.2 cm³/mol. The topological polar surface area (TPSA) is 30.5 Å². The number of ether oxygens (including phenoxy) is 2. The number of fused-ring (bicyclic) bond motifs is 1. The Hall–Kier alpha value is -2.00. The minimum absolute atomic E-state index is 0.457. The SMILES string of the molecule is COc1ccccc1CCNCC1COc2ccccc21. The van der Waals surface area contributed by atoms with Gasteiger partial charge >= 0.3 is 0 Å². The molecule has 0 saturated heterocycles. The minimum Gasteiger partial charge on any atom is -0.496 e. The molecule has 2 aromatic rings. The van der Waals surface area contributed by atoms with Crippen molar-refractivity contribution < 1.29 is 9.47 Å². The molecular weight excluding hydrogens is 262 g/mol. The van der Waals surface area contributed by atoms with Crippen molar-refractivity contribution in [3.63, 3.8) is 0 Å². The van der Waals surface area contributed by atoms with Crippen molar-refractivity contribution in [2.45, 2.75) is 12.3 Å². The van der Waals surface area contributed by atoms with Crippen LogP contribution < -0.4 is 14.8 Å². The van der Waals surface area contributed by atoms with Gasteiger partial charge in [0.1, 0.15) is 11.5 Å². The van der Waals surface area contributed by atoms with E-state index in [1.165, 1.54) is 11.1 Å². The van der Waals surface area contributed by atoms with E-state index in [-0.39, 0.29) is 0 Å². The predicted octanol–water partition coefficient (Wildman–Crippen LogP) is 3.00. The minimum atomic E-state index is 0.457. The molecular formula is C18H21NO2. The van der Waals surface area contributed by atoms with Crippen LogP contribution in [-0.2, 0) is 6.42 Å². The van der Waals surface area contributed by atoms with E-state index in [0.717, 1.165) is 37.6 Å². The molecule has 0 fully saturated rings. The van der Waals surface area contributed by atoms with Gasteiger partial charge in [-0.2, -0.15) is 0 Å². The molecule has 3 heteroatoms. The molecule has 1 unspecified atom stereocenters. The number of hydrogen-bond acceptors (Lipinski definition) is 3. The fourth-order valence-corrected chi connectivity index (χ4v) is 2.81. The van der Waals surface area contributed by atoms with E-state index < -0.39 is 0 Å². The summed E-state index contributed by atoms with van der Waals surface area (Å²) in [4.78, 5) is 0. The molecule has 0 spiro atoms. The first-order chi connectivity index (χ1) is 10.4. The largest absolute Gasteiger partial charge is 0.496 e. The van der Waals surface area contributed by atoms with Gasteiger partial charge in [-0.1, -0.05) is 36.4 Å². The van der Waals surface area contributed by atoms with Crippen molar-refractivity contribution in [1.29, 1.82) is 0 Å². The molecule has 2 aromatic carbocycles. The third kappa shape index (κ3) is 3.19. The average molecular weight is 283 g/mol. The molecule has 0 saturated carbocycles. The first-order valence-electron chi connectivity index (χ1n) is 7.43. The summed E-state index contributed by atoms with van der Waals surface area (Å²) in [6.07, 6.45) is 0.971. The summed E-state index contributed by atoms with van der Waals surface area (Å²) in [5.41, 5.74) is 2.57. The fraction of sp³-hybridized carbons (Fsp3) is 0.333. The number of methoxy groups -OCH3 is 1. The molecule has 1 aliphatic heterocycles. The molecule has 3 nitrogen and oxygen atoms in total. The van der Waals surface area contributed by atoms with Gasteiger partial charge in [-0.15, -0.1) is 0 Å². The lowest BCUT2D eigenvalue weighted by Gasteiger charge is -2.12. The molecule has 0 aliphatic carbocycles. The third-order valence-electron chi connectivity index (χ3n) is 3.95. The maximum Gasteiger partial charge on any atom is 0.122 e. The first kappa shape index (κ1) is 14.0. The van der Waals surface area contributed by atoms with E-state index in [1.807, 2.05) is 24.3 Å². The lowest BCUT2D eigenvalue weighted by Crippen LogP contribution is -2.24. The van der Waals surface area contributed by atoms with E-state index in [1.54, 1.807) is 7.11 Å². The Morgan fingerprint density at radius 3 is 2.86 bits per heavy atom. The van der Waals surface area contributed by atoms with E-state index >= 15 is 0 Å². The lowest BCUT2D eigenvalue weighted by atomic mass is 10.0. The van der Waals surface area contributed by atoms with Crippen molar-refractivity contribution >= 4 is 0 Å². The summed E-state index contributed by atoms with van der Waals surface area (Å²) in [6, 6.07) is 16.5. The van der Waals surface area contributed by atoms with Crippen LogP contribution in [0.2, 0.25) is 0 Å². The van der Waals surface area contributed by atoms with Crippen LogP contribution in [0.3, 0.4) is 0 Å². The number of rotatable bonds is 6. The fourth-order valence-electron chi connectivity index (χ4n) is 2.81.